The molecule has 0 aromatic heterocycles. The number of carbonyl (C=O) groups excluding carboxylic acids is 1. The number of carbonyl (C=O) groups is 1. The van der Waals surface area contributed by atoms with E-state index in [4.69, 9.17) is 6.42 Å². The van der Waals surface area contributed by atoms with Crippen LogP contribution in [0, 0.1) is 12.3 Å². The maximum Gasteiger partial charge on any atom is 0.237 e. The maximum atomic E-state index is 11.1. The van der Waals surface area contributed by atoms with E-state index in [2.05, 4.69) is 16.6 Å². The molecule has 0 aliphatic rings. The molecule has 0 aromatic rings. The molecule has 0 fully saturated rings. The molecule has 0 aliphatic heterocycles. The summed E-state index contributed by atoms with van der Waals surface area (Å²) in [6, 6.07) is -0.385. The van der Waals surface area contributed by atoms with E-state index in [1.54, 1.807) is 20.9 Å². The standard InChI is InChI=1S/C8H14N2O/c1-5-6(2)10-8(11)7(3)9-4/h1,6-7,9H,2-4H3,(H,10,11)/t6?,7-/m0/s1. The topological polar surface area (TPSA) is 41.1 Å². The Morgan fingerprint density at radius 2 is 2.09 bits per heavy atom. The predicted octanol–water partition coefficient (Wildman–Crippen LogP) is -0.268. The van der Waals surface area contributed by atoms with Crippen LogP contribution in [-0.2, 0) is 4.79 Å². The van der Waals surface area contributed by atoms with Crippen molar-refractivity contribution in [3.63, 3.8) is 0 Å². The summed E-state index contributed by atoms with van der Waals surface area (Å²) >= 11 is 0. The summed E-state index contributed by atoms with van der Waals surface area (Å²) in [5.74, 6) is 2.34. The van der Waals surface area contributed by atoms with Crippen LogP contribution in [0.25, 0.3) is 0 Å². The normalized spacial score (nSPS) is 14.7. The fourth-order valence-corrected chi connectivity index (χ4v) is 0.511. The lowest BCUT2D eigenvalue weighted by molar-refractivity contribution is -0.122. The van der Waals surface area contributed by atoms with E-state index < -0.39 is 0 Å². The van der Waals surface area contributed by atoms with Crippen LogP contribution in [0.4, 0.5) is 0 Å². The summed E-state index contributed by atoms with van der Waals surface area (Å²) in [5, 5.41) is 5.46. The Hall–Kier alpha value is -1.01. The zero-order chi connectivity index (χ0) is 8.85. The molecule has 0 aromatic carbocycles. The highest BCUT2D eigenvalue weighted by Gasteiger charge is 2.10. The highest BCUT2D eigenvalue weighted by Crippen LogP contribution is 1.82. The van der Waals surface area contributed by atoms with Crippen molar-refractivity contribution >= 4 is 5.91 Å². The van der Waals surface area contributed by atoms with Gasteiger partial charge in [0.15, 0.2) is 0 Å². The van der Waals surface area contributed by atoms with Crippen molar-refractivity contribution in [2.45, 2.75) is 25.9 Å². The fraction of sp³-hybridized carbons (Fsp3) is 0.625. The van der Waals surface area contributed by atoms with Crippen LogP contribution >= 0.6 is 0 Å². The summed E-state index contributed by atoms with van der Waals surface area (Å²) in [6.07, 6.45) is 5.08. The first kappa shape index (κ1) is 9.99. The molecule has 0 aliphatic carbocycles. The number of terminal acetylenes is 1. The van der Waals surface area contributed by atoms with E-state index in [9.17, 15) is 4.79 Å². The minimum absolute atomic E-state index is 0.0713. The van der Waals surface area contributed by atoms with Gasteiger partial charge in [-0.15, -0.1) is 6.42 Å². The van der Waals surface area contributed by atoms with Gasteiger partial charge in [-0.2, -0.15) is 0 Å². The molecule has 0 heterocycles. The van der Waals surface area contributed by atoms with Gasteiger partial charge in [-0.05, 0) is 20.9 Å². The third kappa shape index (κ3) is 3.64. The third-order valence-electron chi connectivity index (χ3n) is 1.44. The first-order chi connectivity index (χ1) is 5.11. The molecule has 1 unspecified atom stereocenters. The number of hydrogen-bond donors (Lipinski definition) is 2. The highest BCUT2D eigenvalue weighted by molar-refractivity contribution is 5.81. The Morgan fingerprint density at radius 1 is 1.55 bits per heavy atom. The van der Waals surface area contributed by atoms with Crippen LogP contribution in [-0.4, -0.2) is 25.0 Å². The molecule has 1 amide bonds. The van der Waals surface area contributed by atoms with Gasteiger partial charge >= 0.3 is 0 Å². The largest absolute Gasteiger partial charge is 0.341 e. The molecule has 2 atom stereocenters. The maximum absolute atomic E-state index is 11.1. The first-order valence-electron chi connectivity index (χ1n) is 3.55. The van der Waals surface area contributed by atoms with E-state index >= 15 is 0 Å². The summed E-state index contributed by atoms with van der Waals surface area (Å²) in [4.78, 5) is 11.1. The number of hydrogen-bond acceptors (Lipinski definition) is 2. The average molecular weight is 154 g/mol. The van der Waals surface area contributed by atoms with Crippen LogP contribution in [0.5, 0.6) is 0 Å². The molecule has 0 spiro atoms. The van der Waals surface area contributed by atoms with Crippen LogP contribution in [0.1, 0.15) is 13.8 Å². The molecule has 62 valence electrons. The molecule has 11 heavy (non-hydrogen) atoms. The number of likely N-dealkylation sites (N-methyl/N-ethyl adjacent to an activating group) is 1. The van der Waals surface area contributed by atoms with Crippen LogP contribution < -0.4 is 10.6 Å². The van der Waals surface area contributed by atoms with Gasteiger partial charge in [0.1, 0.15) is 0 Å². The van der Waals surface area contributed by atoms with Crippen molar-refractivity contribution in [1.82, 2.24) is 10.6 Å². The van der Waals surface area contributed by atoms with E-state index in [-0.39, 0.29) is 18.0 Å². The zero-order valence-corrected chi connectivity index (χ0v) is 7.14. The Kier molecular flexibility index (Phi) is 4.32. The van der Waals surface area contributed by atoms with Gasteiger partial charge in [-0.25, -0.2) is 0 Å². The van der Waals surface area contributed by atoms with Crippen molar-refractivity contribution in [1.29, 1.82) is 0 Å². The zero-order valence-electron chi connectivity index (χ0n) is 7.14. The fourth-order valence-electron chi connectivity index (χ4n) is 0.511. The summed E-state index contributed by atoms with van der Waals surface area (Å²) in [6.45, 7) is 3.54. The Bertz CT molecular complexity index is 171. The monoisotopic (exact) mass is 154 g/mol. The highest BCUT2D eigenvalue weighted by atomic mass is 16.2. The van der Waals surface area contributed by atoms with Crippen LogP contribution in [0.15, 0.2) is 0 Å². The Balaban J connectivity index is 3.80. The van der Waals surface area contributed by atoms with Gasteiger partial charge in [-0.1, -0.05) is 5.92 Å². The average Bonchev–Trinajstić information content (AvgIpc) is 2.02. The Morgan fingerprint density at radius 3 is 2.45 bits per heavy atom. The minimum Gasteiger partial charge on any atom is -0.341 e. The molecule has 0 saturated heterocycles. The van der Waals surface area contributed by atoms with Gasteiger partial charge < -0.3 is 10.6 Å². The van der Waals surface area contributed by atoms with Gasteiger partial charge in [-0.3, -0.25) is 4.79 Å². The van der Waals surface area contributed by atoms with E-state index in [1.807, 2.05) is 0 Å². The lowest BCUT2D eigenvalue weighted by Crippen LogP contribution is -2.43. The number of amides is 1. The molecule has 3 nitrogen and oxygen atoms in total. The van der Waals surface area contributed by atoms with Gasteiger partial charge in [0, 0.05) is 0 Å². The molecule has 2 N–H and O–H groups in total. The smallest absolute Gasteiger partial charge is 0.237 e. The molecule has 0 radical (unpaired) electrons. The summed E-state index contributed by atoms with van der Waals surface area (Å²) in [7, 11) is 1.73. The lowest BCUT2D eigenvalue weighted by Gasteiger charge is -2.12. The summed E-state index contributed by atoms with van der Waals surface area (Å²) < 4.78 is 0. The molecule has 0 rings (SSSR count). The van der Waals surface area contributed by atoms with Gasteiger partial charge in [0.05, 0.1) is 12.1 Å². The van der Waals surface area contributed by atoms with Crippen molar-refractivity contribution < 1.29 is 4.79 Å². The van der Waals surface area contributed by atoms with Crippen molar-refractivity contribution in [3.8, 4) is 12.3 Å². The minimum atomic E-state index is -0.196. The lowest BCUT2D eigenvalue weighted by atomic mass is 10.3. The second kappa shape index (κ2) is 4.75. The van der Waals surface area contributed by atoms with E-state index in [1.165, 1.54) is 0 Å². The van der Waals surface area contributed by atoms with E-state index in [0.29, 0.717) is 0 Å². The van der Waals surface area contributed by atoms with Crippen molar-refractivity contribution in [2.24, 2.45) is 0 Å². The van der Waals surface area contributed by atoms with Gasteiger partial charge in [0.25, 0.3) is 0 Å². The first-order valence-corrected chi connectivity index (χ1v) is 3.55. The predicted molar refractivity (Wildman–Crippen MR) is 45.0 cm³/mol. The number of rotatable bonds is 3. The van der Waals surface area contributed by atoms with Crippen LogP contribution in [0.3, 0.4) is 0 Å². The molecule has 0 bridgehead atoms. The Labute approximate surface area is 67.6 Å². The molecule has 0 saturated carbocycles. The third-order valence-corrected chi connectivity index (χ3v) is 1.44. The number of nitrogens with one attached hydrogen (secondary N) is 2. The van der Waals surface area contributed by atoms with E-state index in [0.717, 1.165) is 0 Å². The van der Waals surface area contributed by atoms with Crippen LogP contribution in [0.2, 0.25) is 0 Å². The SMILES string of the molecule is C#CC(C)NC(=O)[C@H](C)NC. The van der Waals surface area contributed by atoms with Gasteiger partial charge in [0.2, 0.25) is 5.91 Å². The second-order valence-electron chi connectivity index (χ2n) is 2.41. The summed E-state index contributed by atoms with van der Waals surface area (Å²) in [5.41, 5.74) is 0. The molecular formula is C8H14N2O. The quantitative estimate of drug-likeness (QED) is 0.549. The van der Waals surface area contributed by atoms with Crippen molar-refractivity contribution in [2.75, 3.05) is 7.05 Å². The molecular weight excluding hydrogens is 140 g/mol. The van der Waals surface area contributed by atoms with Crippen molar-refractivity contribution in [3.05, 3.63) is 0 Å². The second-order valence-corrected chi connectivity index (χ2v) is 2.41. The molecule has 3 heteroatoms.